The van der Waals surface area contributed by atoms with Gasteiger partial charge < -0.3 is 4.90 Å². The van der Waals surface area contributed by atoms with Crippen LogP contribution in [0.4, 0.5) is 10.1 Å². The zero-order valence-corrected chi connectivity index (χ0v) is 12.6. The molecule has 2 rings (SSSR count). The highest BCUT2D eigenvalue weighted by molar-refractivity contribution is 9.10. The molecule has 1 aromatic heterocycles. The third-order valence-corrected chi connectivity index (χ3v) is 3.52. The second-order valence-corrected chi connectivity index (χ2v) is 5.25. The number of aromatic nitrogens is 3. The molecule has 0 saturated carbocycles. The van der Waals surface area contributed by atoms with Crippen LogP contribution >= 0.6 is 15.9 Å². The van der Waals surface area contributed by atoms with Gasteiger partial charge in [-0.2, -0.15) is 5.10 Å². The van der Waals surface area contributed by atoms with Crippen molar-refractivity contribution in [2.24, 2.45) is 0 Å². The topological polar surface area (TPSA) is 34.0 Å². The third kappa shape index (κ3) is 3.32. The Morgan fingerprint density at radius 2 is 2.21 bits per heavy atom. The minimum Gasteiger partial charge on any atom is -0.366 e. The molecule has 0 aliphatic rings. The van der Waals surface area contributed by atoms with Crippen molar-refractivity contribution < 1.29 is 4.39 Å². The number of anilines is 1. The molecular weight excluding hydrogens is 311 g/mol. The van der Waals surface area contributed by atoms with Gasteiger partial charge in [0, 0.05) is 11.5 Å². The van der Waals surface area contributed by atoms with Gasteiger partial charge in [0.25, 0.3) is 0 Å². The monoisotopic (exact) mass is 326 g/mol. The molecule has 0 spiro atoms. The number of hydrogen-bond acceptors (Lipinski definition) is 3. The van der Waals surface area contributed by atoms with E-state index in [0.717, 1.165) is 16.0 Å². The first kappa shape index (κ1) is 14.0. The summed E-state index contributed by atoms with van der Waals surface area (Å²) in [4.78, 5) is 6.23. The van der Waals surface area contributed by atoms with Crippen LogP contribution in [0.3, 0.4) is 0 Å². The summed E-state index contributed by atoms with van der Waals surface area (Å²) in [5, 5.41) is 4.02. The Hall–Kier alpha value is -1.43. The van der Waals surface area contributed by atoms with E-state index in [9.17, 15) is 4.39 Å². The fourth-order valence-electron chi connectivity index (χ4n) is 1.90. The van der Waals surface area contributed by atoms with Crippen LogP contribution in [0.1, 0.15) is 11.4 Å². The summed E-state index contributed by atoms with van der Waals surface area (Å²) in [6, 6.07) is 6.18. The van der Waals surface area contributed by atoms with E-state index in [-0.39, 0.29) is 6.54 Å². The van der Waals surface area contributed by atoms with Crippen molar-refractivity contribution in [3.8, 4) is 0 Å². The molecule has 0 atom stereocenters. The van der Waals surface area contributed by atoms with Crippen LogP contribution in [-0.2, 0) is 13.1 Å². The molecular formula is C13H16BrFN4. The van der Waals surface area contributed by atoms with E-state index in [1.807, 2.05) is 14.0 Å². The summed E-state index contributed by atoms with van der Waals surface area (Å²) in [5.74, 6) is 0.757. The van der Waals surface area contributed by atoms with Gasteiger partial charge in [0.05, 0.1) is 18.8 Å². The Balaban J connectivity index is 2.16. The summed E-state index contributed by atoms with van der Waals surface area (Å²) in [5.41, 5.74) is 2.27. The molecule has 0 saturated heterocycles. The second kappa shape index (κ2) is 6.14. The molecule has 19 heavy (non-hydrogen) atoms. The van der Waals surface area contributed by atoms with E-state index >= 15 is 0 Å². The molecule has 6 heteroatoms. The van der Waals surface area contributed by atoms with Gasteiger partial charge in [-0.25, -0.2) is 14.1 Å². The number of halogens is 2. The summed E-state index contributed by atoms with van der Waals surface area (Å²) < 4.78 is 15.0. The van der Waals surface area contributed by atoms with Crippen molar-refractivity contribution in [1.82, 2.24) is 14.8 Å². The summed E-state index contributed by atoms with van der Waals surface area (Å²) in [7, 11) is 1.98. The van der Waals surface area contributed by atoms with E-state index < -0.39 is 6.67 Å². The Morgan fingerprint density at radius 1 is 1.42 bits per heavy atom. The van der Waals surface area contributed by atoms with Crippen molar-refractivity contribution >= 4 is 21.6 Å². The summed E-state index contributed by atoms with van der Waals surface area (Å²) in [6.07, 6.45) is 1.46. The van der Waals surface area contributed by atoms with Crippen molar-refractivity contribution in [2.75, 3.05) is 18.6 Å². The maximum Gasteiger partial charge on any atom is 0.146 e. The maximum atomic E-state index is 12.4. The highest BCUT2D eigenvalue weighted by Gasteiger charge is 2.10. The standard InChI is InChI=1S/C13H16BrFN4/c1-10-3-4-12(11(14)7-10)18(2)8-13-16-9-17-19(13)6-5-15/h3-4,7,9H,5-6,8H2,1-2H3. The van der Waals surface area contributed by atoms with Crippen molar-refractivity contribution in [3.05, 3.63) is 40.4 Å². The molecule has 0 aliphatic heterocycles. The van der Waals surface area contributed by atoms with Crippen molar-refractivity contribution in [3.63, 3.8) is 0 Å². The van der Waals surface area contributed by atoms with Crippen LogP contribution in [0.5, 0.6) is 0 Å². The molecule has 0 fully saturated rings. The van der Waals surface area contributed by atoms with Crippen LogP contribution in [-0.4, -0.2) is 28.5 Å². The lowest BCUT2D eigenvalue weighted by Gasteiger charge is -2.20. The van der Waals surface area contributed by atoms with Gasteiger partial charge in [-0.1, -0.05) is 6.07 Å². The van der Waals surface area contributed by atoms with Gasteiger partial charge in [0.2, 0.25) is 0 Å². The average molecular weight is 327 g/mol. The first-order valence-electron chi connectivity index (χ1n) is 6.01. The van der Waals surface area contributed by atoms with Crippen LogP contribution in [0, 0.1) is 6.92 Å². The SMILES string of the molecule is Cc1ccc(N(C)Cc2ncnn2CCF)c(Br)c1. The number of aryl methyl sites for hydroxylation is 2. The van der Waals surface area contributed by atoms with Gasteiger partial charge in [0.15, 0.2) is 0 Å². The molecule has 0 bridgehead atoms. The summed E-state index contributed by atoms with van der Waals surface area (Å²) in [6.45, 7) is 2.45. The first-order valence-corrected chi connectivity index (χ1v) is 6.81. The largest absolute Gasteiger partial charge is 0.366 e. The molecule has 1 aromatic carbocycles. The predicted molar refractivity (Wildman–Crippen MR) is 77.0 cm³/mol. The Morgan fingerprint density at radius 3 is 2.89 bits per heavy atom. The smallest absolute Gasteiger partial charge is 0.146 e. The van der Waals surface area contributed by atoms with Crippen molar-refractivity contribution in [1.29, 1.82) is 0 Å². The number of benzene rings is 1. The first-order chi connectivity index (χ1) is 9.11. The van der Waals surface area contributed by atoms with Crippen LogP contribution < -0.4 is 4.90 Å². The summed E-state index contributed by atoms with van der Waals surface area (Å²) >= 11 is 3.56. The number of alkyl halides is 1. The highest BCUT2D eigenvalue weighted by atomic mass is 79.9. The molecule has 0 N–H and O–H groups in total. The molecule has 102 valence electrons. The van der Waals surface area contributed by atoms with E-state index in [0.29, 0.717) is 6.54 Å². The van der Waals surface area contributed by atoms with Crippen molar-refractivity contribution in [2.45, 2.75) is 20.0 Å². The lowest BCUT2D eigenvalue weighted by Crippen LogP contribution is -2.21. The molecule has 1 heterocycles. The average Bonchev–Trinajstić information content (AvgIpc) is 2.77. The van der Waals surface area contributed by atoms with E-state index in [1.54, 1.807) is 4.68 Å². The predicted octanol–water partition coefficient (Wildman–Crippen LogP) is 2.95. The van der Waals surface area contributed by atoms with E-state index in [2.05, 4.69) is 49.1 Å². The molecule has 0 amide bonds. The fourth-order valence-corrected chi connectivity index (χ4v) is 2.69. The van der Waals surface area contributed by atoms with Crippen LogP contribution in [0.25, 0.3) is 0 Å². The molecule has 0 radical (unpaired) electrons. The zero-order valence-electron chi connectivity index (χ0n) is 11.0. The lowest BCUT2D eigenvalue weighted by atomic mass is 10.2. The Bertz CT molecular complexity index is 555. The second-order valence-electron chi connectivity index (χ2n) is 4.40. The lowest BCUT2D eigenvalue weighted by molar-refractivity contribution is 0.418. The quantitative estimate of drug-likeness (QED) is 0.847. The molecule has 4 nitrogen and oxygen atoms in total. The minimum atomic E-state index is -0.436. The number of hydrogen-bond donors (Lipinski definition) is 0. The van der Waals surface area contributed by atoms with E-state index in [1.165, 1.54) is 11.9 Å². The van der Waals surface area contributed by atoms with Crippen LogP contribution in [0.2, 0.25) is 0 Å². The third-order valence-electron chi connectivity index (χ3n) is 2.89. The van der Waals surface area contributed by atoms with Crippen LogP contribution in [0.15, 0.2) is 29.0 Å². The Labute approximate surface area is 120 Å². The van der Waals surface area contributed by atoms with Gasteiger partial charge in [-0.3, -0.25) is 0 Å². The number of rotatable bonds is 5. The molecule has 0 unspecified atom stereocenters. The van der Waals surface area contributed by atoms with Gasteiger partial charge in [0.1, 0.15) is 18.8 Å². The molecule has 2 aromatic rings. The van der Waals surface area contributed by atoms with Gasteiger partial charge in [-0.15, -0.1) is 0 Å². The minimum absolute atomic E-state index is 0.248. The molecule has 0 aliphatic carbocycles. The normalized spacial score (nSPS) is 10.7. The zero-order chi connectivity index (χ0) is 13.8. The van der Waals surface area contributed by atoms with Gasteiger partial charge >= 0.3 is 0 Å². The maximum absolute atomic E-state index is 12.4. The fraction of sp³-hybridized carbons (Fsp3) is 0.385. The van der Waals surface area contributed by atoms with E-state index in [4.69, 9.17) is 0 Å². The van der Waals surface area contributed by atoms with Gasteiger partial charge in [-0.05, 0) is 40.5 Å². The number of nitrogens with zero attached hydrogens (tertiary/aromatic N) is 4. The highest BCUT2D eigenvalue weighted by Crippen LogP contribution is 2.27. The Kier molecular flexibility index (Phi) is 4.52.